The van der Waals surface area contributed by atoms with E-state index in [1.165, 1.54) is 0 Å². The number of H-pyrrole nitrogens is 2. The van der Waals surface area contributed by atoms with E-state index < -0.39 is 17.1 Å². The van der Waals surface area contributed by atoms with Gasteiger partial charge in [-0.2, -0.15) is 0 Å². The highest BCUT2D eigenvalue weighted by atomic mass is 79.9. The van der Waals surface area contributed by atoms with Gasteiger partial charge < -0.3 is 10.1 Å². The second-order valence-electron chi connectivity index (χ2n) is 8.62. The zero-order chi connectivity index (χ0) is 26.1. The molecule has 0 unspecified atom stereocenters. The van der Waals surface area contributed by atoms with Gasteiger partial charge in [-0.05, 0) is 61.4 Å². The molecule has 0 radical (unpaired) electrons. The number of aryl methyl sites for hydroxylation is 1. The van der Waals surface area contributed by atoms with E-state index >= 15 is 0 Å². The standard InChI is InChI=1S/C28H22Br2N4O3/c1-16-2-4-17(5-3-16)25(31-13-12-18-15-32-23-11-8-20(30)14-22(18)23)24-26(35)33-28(37)34(27(24)36)21-9-6-19(29)7-10-21/h2-11,14-15,32,36H,12-13H2,1H3,(H,33,35,37). The van der Waals surface area contributed by atoms with Crippen LogP contribution in [-0.4, -0.2) is 31.9 Å². The van der Waals surface area contributed by atoms with E-state index in [1.54, 1.807) is 24.3 Å². The fourth-order valence-corrected chi connectivity index (χ4v) is 4.87. The lowest BCUT2D eigenvalue weighted by Gasteiger charge is -2.14. The molecular formula is C28H22Br2N4O3. The summed E-state index contributed by atoms with van der Waals surface area (Å²) in [5, 5.41) is 12.3. The smallest absolute Gasteiger partial charge is 0.335 e. The third kappa shape index (κ3) is 5.10. The summed E-state index contributed by atoms with van der Waals surface area (Å²) in [4.78, 5) is 36.2. The summed E-state index contributed by atoms with van der Waals surface area (Å²) in [5.41, 5.74) is 3.04. The van der Waals surface area contributed by atoms with Crippen molar-refractivity contribution in [3.05, 3.63) is 125 Å². The number of rotatable bonds is 6. The van der Waals surface area contributed by atoms with Gasteiger partial charge in [0.2, 0.25) is 5.88 Å². The number of nitrogens with zero attached hydrogens (tertiary/aromatic N) is 2. The maximum absolute atomic E-state index is 13.1. The van der Waals surface area contributed by atoms with E-state index in [1.807, 2.05) is 49.5 Å². The second kappa shape index (κ2) is 10.4. The van der Waals surface area contributed by atoms with E-state index in [9.17, 15) is 14.7 Å². The Morgan fingerprint density at radius 2 is 1.68 bits per heavy atom. The predicted octanol–water partition coefficient (Wildman–Crippen LogP) is 5.63. The fourth-order valence-electron chi connectivity index (χ4n) is 4.24. The molecule has 0 aliphatic carbocycles. The van der Waals surface area contributed by atoms with Crippen molar-refractivity contribution in [3.63, 3.8) is 0 Å². The molecule has 0 spiro atoms. The average molecular weight is 622 g/mol. The van der Waals surface area contributed by atoms with Crippen LogP contribution in [0, 0.1) is 6.92 Å². The van der Waals surface area contributed by atoms with E-state index in [0.717, 1.165) is 35.5 Å². The van der Waals surface area contributed by atoms with Gasteiger partial charge in [0.1, 0.15) is 5.56 Å². The minimum absolute atomic E-state index is 0.0620. The third-order valence-corrected chi connectivity index (χ3v) is 7.14. The number of aliphatic imine (C=N–C) groups is 1. The Bertz CT molecular complexity index is 1750. The molecule has 9 heteroatoms. The van der Waals surface area contributed by atoms with Crippen molar-refractivity contribution in [3.8, 4) is 11.6 Å². The van der Waals surface area contributed by atoms with Crippen LogP contribution in [-0.2, 0) is 6.42 Å². The molecule has 7 nitrogen and oxygen atoms in total. The Kier molecular flexibility index (Phi) is 6.99. The minimum atomic E-state index is -0.735. The monoisotopic (exact) mass is 620 g/mol. The summed E-state index contributed by atoms with van der Waals surface area (Å²) in [5.74, 6) is -0.466. The van der Waals surface area contributed by atoms with Crippen LogP contribution in [0.5, 0.6) is 5.88 Å². The number of hydrogen-bond acceptors (Lipinski definition) is 4. The predicted molar refractivity (Wildman–Crippen MR) is 153 cm³/mol. The van der Waals surface area contributed by atoms with Crippen LogP contribution in [0.3, 0.4) is 0 Å². The van der Waals surface area contributed by atoms with Crippen LogP contribution in [0.2, 0.25) is 0 Å². The number of nitrogens with one attached hydrogen (secondary N) is 2. The number of aromatic amines is 2. The van der Waals surface area contributed by atoms with Crippen LogP contribution in [0.4, 0.5) is 0 Å². The molecule has 5 aromatic rings. The van der Waals surface area contributed by atoms with Crippen molar-refractivity contribution < 1.29 is 5.11 Å². The molecule has 0 amide bonds. The lowest BCUT2D eigenvalue weighted by molar-refractivity contribution is 0.430. The summed E-state index contributed by atoms with van der Waals surface area (Å²) in [6.07, 6.45) is 2.56. The van der Waals surface area contributed by atoms with Gasteiger partial charge in [-0.25, -0.2) is 9.36 Å². The Hall–Kier alpha value is -3.69. The molecule has 2 heterocycles. The first-order chi connectivity index (χ1) is 17.8. The quantitative estimate of drug-likeness (QED) is 0.214. The number of fused-ring (bicyclic) bond motifs is 1. The zero-order valence-corrected chi connectivity index (χ0v) is 22.9. The molecule has 5 rings (SSSR count). The first kappa shape index (κ1) is 25.0. The topological polar surface area (TPSA) is 103 Å². The van der Waals surface area contributed by atoms with Crippen LogP contribution in [0.1, 0.15) is 22.3 Å². The second-order valence-corrected chi connectivity index (χ2v) is 10.5. The molecule has 0 atom stereocenters. The van der Waals surface area contributed by atoms with E-state index in [0.29, 0.717) is 29.9 Å². The molecule has 3 aromatic carbocycles. The molecule has 3 N–H and O–H groups in total. The van der Waals surface area contributed by atoms with Gasteiger partial charge >= 0.3 is 5.69 Å². The third-order valence-electron chi connectivity index (χ3n) is 6.11. The molecule has 0 aliphatic heterocycles. The summed E-state index contributed by atoms with van der Waals surface area (Å²) in [6.45, 7) is 2.33. The number of aromatic nitrogens is 3. The van der Waals surface area contributed by atoms with E-state index in [-0.39, 0.29) is 5.56 Å². The maximum atomic E-state index is 13.1. The highest BCUT2D eigenvalue weighted by Gasteiger charge is 2.21. The van der Waals surface area contributed by atoms with Gasteiger partial charge in [0, 0.05) is 38.2 Å². The molecule has 0 saturated carbocycles. The van der Waals surface area contributed by atoms with Crippen molar-refractivity contribution in [2.75, 3.05) is 6.54 Å². The van der Waals surface area contributed by atoms with Gasteiger partial charge in [0.15, 0.2) is 0 Å². The Morgan fingerprint density at radius 1 is 0.973 bits per heavy atom. The first-order valence-electron chi connectivity index (χ1n) is 11.5. The number of benzene rings is 3. The summed E-state index contributed by atoms with van der Waals surface area (Å²) >= 11 is 6.90. The number of hydrogen-bond donors (Lipinski definition) is 3. The number of aromatic hydroxyl groups is 1. The van der Waals surface area contributed by atoms with Gasteiger partial charge in [-0.15, -0.1) is 0 Å². The Balaban J connectivity index is 1.61. The van der Waals surface area contributed by atoms with Gasteiger partial charge in [0.05, 0.1) is 11.4 Å². The van der Waals surface area contributed by atoms with Crippen LogP contribution < -0.4 is 11.2 Å². The first-order valence-corrected chi connectivity index (χ1v) is 13.1. The van der Waals surface area contributed by atoms with Crippen molar-refractivity contribution in [2.45, 2.75) is 13.3 Å². The summed E-state index contributed by atoms with van der Waals surface area (Å²) in [6, 6.07) is 20.4. The normalized spacial score (nSPS) is 11.8. The highest BCUT2D eigenvalue weighted by molar-refractivity contribution is 9.10. The molecular weight excluding hydrogens is 600 g/mol. The van der Waals surface area contributed by atoms with Crippen LogP contribution in [0.25, 0.3) is 16.6 Å². The van der Waals surface area contributed by atoms with Crippen molar-refractivity contribution >= 4 is 48.5 Å². The molecule has 2 aromatic heterocycles. The van der Waals surface area contributed by atoms with Crippen molar-refractivity contribution in [1.82, 2.24) is 14.5 Å². The highest BCUT2D eigenvalue weighted by Crippen LogP contribution is 2.24. The largest absolute Gasteiger partial charge is 0.493 e. The molecule has 0 fully saturated rings. The number of halogens is 2. The molecule has 186 valence electrons. The fraction of sp³-hybridized carbons (Fsp3) is 0.107. The van der Waals surface area contributed by atoms with Gasteiger partial charge in [-0.1, -0.05) is 61.7 Å². The lowest BCUT2D eigenvalue weighted by atomic mass is 10.0. The van der Waals surface area contributed by atoms with Gasteiger partial charge in [0.25, 0.3) is 5.56 Å². The molecule has 37 heavy (non-hydrogen) atoms. The van der Waals surface area contributed by atoms with Crippen molar-refractivity contribution in [1.29, 1.82) is 0 Å². The summed E-state index contributed by atoms with van der Waals surface area (Å²) < 4.78 is 2.88. The Morgan fingerprint density at radius 3 is 2.41 bits per heavy atom. The minimum Gasteiger partial charge on any atom is -0.493 e. The van der Waals surface area contributed by atoms with Gasteiger partial charge in [-0.3, -0.25) is 14.8 Å². The van der Waals surface area contributed by atoms with E-state index in [4.69, 9.17) is 4.99 Å². The zero-order valence-electron chi connectivity index (χ0n) is 19.8. The maximum Gasteiger partial charge on any atom is 0.335 e. The molecule has 0 bridgehead atoms. The van der Waals surface area contributed by atoms with E-state index in [2.05, 4.69) is 47.9 Å². The summed E-state index contributed by atoms with van der Waals surface area (Å²) in [7, 11) is 0. The Labute approximate surface area is 228 Å². The average Bonchev–Trinajstić information content (AvgIpc) is 3.26. The van der Waals surface area contributed by atoms with Crippen LogP contribution in [0.15, 0.2) is 96.5 Å². The SMILES string of the molecule is Cc1ccc(C(=NCCc2c[nH]c3ccc(Br)cc23)c2c(O)n(-c3ccc(Br)cc3)c(=O)[nH]c2=O)cc1. The van der Waals surface area contributed by atoms with Crippen molar-refractivity contribution in [2.24, 2.45) is 4.99 Å². The molecule has 0 aliphatic rings. The lowest BCUT2D eigenvalue weighted by Crippen LogP contribution is -2.33. The molecule has 0 saturated heterocycles. The van der Waals surface area contributed by atoms with Crippen LogP contribution >= 0.6 is 31.9 Å².